The number of thiophene rings is 5. The molecule has 0 fully saturated rings. The molecule has 0 bridgehead atoms. The number of carbonyl (C=O) groups excluding carboxylic acids is 2. The minimum absolute atomic E-state index is 0.150. The molecule has 558 valence electrons. The second-order valence-corrected chi connectivity index (χ2v) is 35.0. The third kappa shape index (κ3) is 22.9. The van der Waals surface area contributed by atoms with E-state index < -0.39 is 0 Å². The zero-order valence-corrected chi connectivity index (χ0v) is 71.5. The number of esters is 1. The van der Waals surface area contributed by atoms with Gasteiger partial charge in [0.1, 0.15) is 28.8 Å². The predicted octanol–water partition coefficient (Wildman–Crippen LogP) is 31.4. The van der Waals surface area contributed by atoms with Gasteiger partial charge in [0.2, 0.25) is 0 Å². The first-order valence-electron chi connectivity index (χ1n) is 34.0. The van der Waals surface area contributed by atoms with Gasteiger partial charge in [-0.15, -0.1) is 68.4 Å². The fourth-order valence-electron chi connectivity index (χ4n) is 11.1. The van der Waals surface area contributed by atoms with Crippen LogP contribution < -0.4 is 10.1 Å². The largest absolute Gasteiger partial charge is 0.487 e. The number of nitrogens with one attached hydrogen (secondary N) is 1. The quantitative estimate of drug-likeness (QED) is 0.0782. The summed E-state index contributed by atoms with van der Waals surface area (Å²) in [6.45, 7) is 20.9. The van der Waals surface area contributed by atoms with E-state index >= 15 is 0 Å². The standard InChI is InChI=1S/C17H16S2.C16H10Cl3NS.C16H11Cl2NOS.C16H12Cl2OS.C11H10O2S.2C6H8O/c1-12-7-9-14(10-8-12)18-11-16-13(2)19-17-6-4-3-5-15(16)17;1-9-15(14-7-10(17)2-3-16(14)21-9)8-20-13-5-11(18)4-12(19)6-13;1-9-15(13-4-2-3-5-14(13)21-9)16(20)19-12-7-10(17)6-11(18)8-12;1-10-13(12-4-2-3-5-16(12)20-10)9-19-15-7-6-11(17)8-14(15)18;1-7-8-5-3-4-6-9(8)14-10(7)11(12)13-2;2*1-5-3-4-7-6(5)2/h3-10H,11H2,1-2H3;2-8H,1H3;2-8H,1H3,(H,19,20);2-8H,9H2,1H3;3-6H,1-2H3;2*3-4H,1-2H3. The van der Waals surface area contributed by atoms with Crippen LogP contribution in [-0.2, 0) is 17.1 Å². The van der Waals surface area contributed by atoms with Crippen molar-refractivity contribution in [3.63, 3.8) is 0 Å². The Hall–Kier alpha value is -7.87. The molecule has 0 unspecified atom stereocenters. The Balaban J connectivity index is 0.000000139. The Labute approximate surface area is 694 Å². The smallest absolute Gasteiger partial charge is 0.348 e. The maximum Gasteiger partial charge on any atom is 0.348 e. The highest BCUT2D eigenvalue weighted by atomic mass is 35.5. The number of ether oxygens (including phenoxy) is 2. The van der Waals surface area contributed by atoms with Crippen molar-refractivity contribution in [1.82, 2.24) is 0 Å². The molecule has 16 aromatic rings. The van der Waals surface area contributed by atoms with Crippen LogP contribution in [0, 0.1) is 69.2 Å². The van der Waals surface area contributed by atoms with Crippen LogP contribution in [0.4, 0.5) is 11.4 Å². The summed E-state index contributed by atoms with van der Waals surface area (Å²) in [7, 11) is 1.41. The van der Waals surface area contributed by atoms with Gasteiger partial charge < -0.3 is 23.6 Å². The molecule has 21 heteroatoms. The van der Waals surface area contributed by atoms with Crippen LogP contribution in [0.1, 0.15) is 90.0 Å². The molecule has 0 aliphatic rings. The fourth-order valence-corrected chi connectivity index (χ4v) is 19.2. The summed E-state index contributed by atoms with van der Waals surface area (Å²) in [6, 6.07) is 67.0. The number of hydrogen-bond acceptors (Lipinski definition) is 13. The summed E-state index contributed by atoms with van der Waals surface area (Å²) in [5.41, 5.74) is 10.6. The lowest BCUT2D eigenvalue weighted by Crippen LogP contribution is -2.12. The number of anilines is 1. The number of furan rings is 2. The van der Waals surface area contributed by atoms with E-state index in [4.69, 9.17) is 99.5 Å². The van der Waals surface area contributed by atoms with Crippen LogP contribution in [0.5, 0.6) is 5.75 Å². The number of nitrogens with zero attached hydrogens (tertiary/aromatic N) is 1. The zero-order chi connectivity index (χ0) is 78.0. The third-order valence-electron chi connectivity index (χ3n) is 17.1. The molecule has 109 heavy (non-hydrogen) atoms. The highest BCUT2D eigenvalue weighted by Crippen LogP contribution is 2.39. The molecule has 0 saturated heterocycles. The lowest BCUT2D eigenvalue weighted by atomic mass is 10.1. The molecule has 0 spiro atoms. The number of amides is 1. The minimum Gasteiger partial charge on any atom is -0.487 e. The maximum absolute atomic E-state index is 12.5. The third-order valence-corrected chi connectivity index (χ3v) is 25.5. The van der Waals surface area contributed by atoms with E-state index in [1.807, 2.05) is 156 Å². The summed E-state index contributed by atoms with van der Waals surface area (Å²) in [6.07, 6.45) is 5.24. The number of aryl methyl sites for hydroxylation is 10. The molecule has 16 rings (SSSR count). The van der Waals surface area contributed by atoms with E-state index in [2.05, 4.69) is 105 Å². The molecule has 7 heterocycles. The minimum atomic E-state index is -0.247. The number of thioether (sulfide) groups is 1. The molecular formula is C88H75Cl7N2O6S6. The number of halogens is 7. The number of carbonyl (C=O) groups is 2. The van der Waals surface area contributed by atoms with Crippen molar-refractivity contribution >= 4 is 230 Å². The number of rotatable bonds is 11. The Morgan fingerprint density at radius 3 is 1.48 bits per heavy atom. The Morgan fingerprint density at radius 1 is 0.468 bits per heavy atom. The molecule has 0 radical (unpaired) electrons. The van der Waals surface area contributed by atoms with Gasteiger partial charge in [-0.2, -0.15) is 0 Å². The van der Waals surface area contributed by atoms with Gasteiger partial charge >= 0.3 is 5.97 Å². The molecule has 1 N–H and O–H groups in total. The number of benzene rings is 9. The molecule has 7 aromatic heterocycles. The van der Waals surface area contributed by atoms with E-state index in [0.29, 0.717) is 58.6 Å². The summed E-state index contributed by atoms with van der Waals surface area (Å²) in [4.78, 5) is 35.4. The molecule has 8 nitrogen and oxygen atoms in total. The van der Waals surface area contributed by atoms with Crippen molar-refractivity contribution in [2.24, 2.45) is 4.99 Å². The van der Waals surface area contributed by atoms with Crippen LogP contribution in [0.15, 0.2) is 238 Å². The van der Waals surface area contributed by atoms with Crippen molar-refractivity contribution in [3.05, 3.63) is 334 Å². The zero-order valence-electron chi connectivity index (χ0n) is 61.3. The normalized spacial score (nSPS) is 10.8. The Bertz CT molecular complexity index is 5730. The van der Waals surface area contributed by atoms with Crippen LogP contribution in [0.25, 0.3) is 50.4 Å². The fraction of sp³-hybridized carbons (Fsp3) is 0.148. The van der Waals surface area contributed by atoms with Gasteiger partial charge in [0.15, 0.2) is 0 Å². The molecule has 9 aromatic carbocycles. The molecule has 0 saturated carbocycles. The Morgan fingerprint density at radius 2 is 0.945 bits per heavy atom. The van der Waals surface area contributed by atoms with Gasteiger partial charge in [0.05, 0.1) is 35.9 Å². The van der Waals surface area contributed by atoms with Crippen molar-refractivity contribution in [3.8, 4) is 5.75 Å². The number of methoxy groups -OCH3 is 1. The average molecular weight is 1700 g/mol. The summed E-state index contributed by atoms with van der Waals surface area (Å²) in [5.74, 6) is 3.34. The highest BCUT2D eigenvalue weighted by molar-refractivity contribution is 7.98. The van der Waals surface area contributed by atoms with Gasteiger partial charge in [-0.25, -0.2) is 4.79 Å². The first-order valence-corrected chi connectivity index (χ1v) is 41.8. The van der Waals surface area contributed by atoms with Crippen LogP contribution in [-0.4, -0.2) is 25.2 Å². The molecular weight excluding hydrogens is 1620 g/mol. The van der Waals surface area contributed by atoms with Gasteiger partial charge in [-0.05, 0) is 229 Å². The van der Waals surface area contributed by atoms with Crippen molar-refractivity contribution in [2.75, 3.05) is 12.4 Å². The number of aliphatic imine (C=N–C) groups is 1. The van der Waals surface area contributed by atoms with Gasteiger partial charge in [-0.1, -0.05) is 172 Å². The molecule has 1 amide bonds. The average Bonchev–Trinajstić information content (AvgIpc) is 1.68. The molecule has 0 aliphatic carbocycles. The second-order valence-electron chi connectivity index (χ2n) is 24.8. The maximum atomic E-state index is 12.5. The van der Waals surface area contributed by atoms with E-state index in [1.54, 1.807) is 101 Å². The van der Waals surface area contributed by atoms with E-state index in [1.165, 1.54) is 90.7 Å². The lowest BCUT2D eigenvalue weighted by Gasteiger charge is -2.08. The van der Waals surface area contributed by atoms with E-state index in [0.717, 1.165) is 69.5 Å². The summed E-state index contributed by atoms with van der Waals surface area (Å²) in [5, 5.41) is 12.7. The number of hydrogen-bond donors (Lipinski definition) is 1. The Kier molecular flexibility index (Phi) is 30.6. The summed E-state index contributed by atoms with van der Waals surface area (Å²) < 4.78 is 26.6. The molecule has 0 aliphatic heterocycles. The molecule has 0 atom stereocenters. The van der Waals surface area contributed by atoms with Crippen molar-refractivity contribution in [1.29, 1.82) is 0 Å². The van der Waals surface area contributed by atoms with Gasteiger partial charge in [0, 0.05) is 118 Å². The van der Waals surface area contributed by atoms with Gasteiger partial charge in [-0.3, -0.25) is 9.79 Å². The first kappa shape index (κ1) is 83.6. The monoisotopic (exact) mass is 1690 g/mol. The van der Waals surface area contributed by atoms with Crippen LogP contribution in [0.3, 0.4) is 0 Å². The predicted molar refractivity (Wildman–Crippen MR) is 475 cm³/mol. The van der Waals surface area contributed by atoms with Crippen molar-refractivity contribution in [2.45, 2.75) is 86.5 Å². The second kappa shape index (κ2) is 39.9. The SMILES string of the molecule is COC(=O)c1sc2ccccc2c1C.Cc1ccc(SCc2c(C)sc3ccccc23)cc1.Cc1ccoc1C.Cc1ccoc1C.Cc1sc2ccc(Cl)cc2c1C=Nc1cc(Cl)cc(Cl)c1.Cc1sc2ccccc2c1C(=O)Nc1cc(Cl)cc(Cl)c1.Cc1sc2ccccc2c1COc1ccc(Cl)cc1Cl. The van der Waals surface area contributed by atoms with Crippen LogP contribution in [0.2, 0.25) is 35.2 Å². The highest BCUT2D eigenvalue weighted by Gasteiger charge is 2.19. The van der Waals surface area contributed by atoms with Crippen molar-refractivity contribution < 1.29 is 27.9 Å². The van der Waals surface area contributed by atoms with Gasteiger partial charge in [0.25, 0.3) is 5.91 Å². The van der Waals surface area contributed by atoms with Crippen LogP contribution >= 0.6 is 150 Å². The lowest BCUT2D eigenvalue weighted by molar-refractivity contribution is 0.0605. The number of fused-ring (bicyclic) bond motifs is 5. The first-order chi connectivity index (χ1) is 52.3. The summed E-state index contributed by atoms with van der Waals surface area (Å²) >= 11 is 52.4. The topological polar surface area (TPSA) is 103 Å². The van der Waals surface area contributed by atoms with E-state index in [-0.39, 0.29) is 11.9 Å². The van der Waals surface area contributed by atoms with E-state index in [9.17, 15) is 9.59 Å².